The number of H-pyrrole nitrogens is 1. The van der Waals surface area contributed by atoms with Crippen LogP contribution in [0.15, 0.2) is 40.4 Å². The van der Waals surface area contributed by atoms with Gasteiger partial charge in [0.05, 0.1) is 5.75 Å². The van der Waals surface area contributed by atoms with Gasteiger partial charge in [0, 0.05) is 17.5 Å². The van der Waals surface area contributed by atoms with Crippen molar-refractivity contribution >= 4 is 34.1 Å². The lowest BCUT2D eigenvalue weighted by Crippen LogP contribution is -2.17. The molecule has 0 aliphatic rings. The van der Waals surface area contributed by atoms with E-state index < -0.39 is 0 Å². The lowest BCUT2D eigenvalue weighted by molar-refractivity contribution is -0.113. The summed E-state index contributed by atoms with van der Waals surface area (Å²) in [5.41, 5.74) is 0.510. The summed E-state index contributed by atoms with van der Waals surface area (Å²) in [6.45, 7) is 1.55. The highest BCUT2D eigenvalue weighted by Crippen LogP contribution is 2.22. The number of nitrogens with zero attached hydrogens (tertiary/aromatic N) is 3. The van der Waals surface area contributed by atoms with E-state index in [4.69, 9.17) is 0 Å². The molecule has 1 amide bonds. The van der Waals surface area contributed by atoms with Crippen LogP contribution in [0.2, 0.25) is 0 Å². The number of thioether (sulfide) groups is 1. The van der Waals surface area contributed by atoms with Crippen molar-refractivity contribution in [1.82, 2.24) is 20.2 Å². The number of hydrogen-bond donors (Lipinski definition) is 2. The number of carbonyl (C=O) groups is 1. The van der Waals surface area contributed by atoms with Crippen molar-refractivity contribution in [2.24, 2.45) is 0 Å². The number of rotatable bonds is 6. The fraction of sp³-hybridized carbons (Fsp3) is 0.188. The summed E-state index contributed by atoms with van der Waals surface area (Å²) in [5.74, 6) is -0.503. The zero-order valence-electron chi connectivity index (χ0n) is 13.7. The maximum atomic E-state index is 13.7. The van der Waals surface area contributed by atoms with Gasteiger partial charge in [0.2, 0.25) is 5.91 Å². The van der Waals surface area contributed by atoms with Gasteiger partial charge in [-0.2, -0.15) is 0 Å². The average Bonchev–Trinajstić information content (AvgIpc) is 3.05. The first-order valence-corrected chi connectivity index (χ1v) is 9.36. The average molecular weight is 391 g/mol. The number of aromatic nitrogens is 4. The van der Waals surface area contributed by atoms with Crippen molar-refractivity contribution in [2.75, 3.05) is 11.1 Å². The normalized spacial score (nSPS) is 10.7. The highest BCUT2D eigenvalue weighted by molar-refractivity contribution is 7.99. The lowest BCUT2D eigenvalue weighted by Gasteiger charge is -2.01. The van der Waals surface area contributed by atoms with Crippen molar-refractivity contribution in [2.45, 2.75) is 18.5 Å². The minimum atomic E-state index is -0.333. The molecule has 134 valence electrons. The summed E-state index contributed by atoms with van der Waals surface area (Å²) in [4.78, 5) is 30.9. The highest BCUT2D eigenvalue weighted by Gasteiger charge is 2.10. The van der Waals surface area contributed by atoms with Gasteiger partial charge in [-0.05, 0) is 18.6 Å². The molecule has 7 nitrogen and oxygen atoms in total. The molecule has 2 aromatic heterocycles. The molecule has 0 spiro atoms. The van der Waals surface area contributed by atoms with E-state index in [1.165, 1.54) is 17.4 Å². The topological polar surface area (TPSA) is 101 Å². The Morgan fingerprint density at radius 2 is 2.15 bits per heavy atom. The number of anilines is 1. The van der Waals surface area contributed by atoms with E-state index in [-0.39, 0.29) is 33.9 Å². The molecule has 1 aromatic carbocycles. The second-order valence-corrected chi connectivity index (χ2v) is 7.36. The third-order valence-corrected chi connectivity index (χ3v) is 5.08. The number of carbonyl (C=O) groups excluding carboxylic acids is 1. The molecule has 0 bridgehead atoms. The van der Waals surface area contributed by atoms with E-state index in [1.807, 2.05) is 0 Å². The Kier molecular flexibility index (Phi) is 5.74. The molecular weight excluding hydrogens is 377 g/mol. The lowest BCUT2D eigenvalue weighted by atomic mass is 10.1. The molecule has 0 fully saturated rings. The van der Waals surface area contributed by atoms with Crippen LogP contribution in [0.25, 0.3) is 0 Å². The summed E-state index contributed by atoms with van der Waals surface area (Å²) in [5, 5.41) is 10.9. The molecule has 0 atom stereocenters. The van der Waals surface area contributed by atoms with E-state index in [2.05, 4.69) is 25.5 Å². The number of aryl methyl sites for hydroxylation is 1. The minimum absolute atomic E-state index is 0.0515. The first-order valence-electron chi connectivity index (χ1n) is 7.55. The van der Waals surface area contributed by atoms with Crippen molar-refractivity contribution < 1.29 is 9.18 Å². The van der Waals surface area contributed by atoms with Crippen LogP contribution in [-0.2, 0) is 11.2 Å². The van der Waals surface area contributed by atoms with Crippen LogP contribution in [0.1, 0.15) is 16.1 Å². The first-order chi connectivity index (χ1) is 12.5. The van der Waals surface area contributed by atoms with Crippen molar-refractivity contribution in [1.29, 1.82) is 0 Å². The molecular formula is C16H14FN5O2S2. The predicted molar refractivity (Wildman–Crippen MR) is 98.1 cm³/mol. The molecule has 0 aliphatic heterocycles. The van der Waals surface area contributed by atoms with Crippen LogP contribution in [0.4, 0.5) is 9.52 Å². The van der Waals surface area contributed by atoms with Crippen LogP contribution in [-0.4, -0.2) is 31.8 Å². The Morgan fingerprint density at radius 3 is 2.92 bits per heavy atom. The Hall–Kier alpha value is -2.59. The van der Waals surface area contributed by atoms with E-state index in [1.54, 1.807) is 31.3 Å². The van der Waals surface area contributed by atoms with Crippen LogP contribution in [0, 0.1) is 12.7 Å². The van der Waals surface area contributed by atoms with Gasteiger partial charge in [0.25, 0.3) is 5.56 Å². The molecule has 3 rings (SSSR count). The molecule has 0 unspecified atom stereocenters. The highest BCUT2D eigenvalue weighted by atomic mass is 32.2. The Morgan fingerprint density at radius 1 is 1.35 bits per heavy atom. The molecule has 2 heterocycles. The fourth-order valence-corrected chi connectivity index (χ4v) is 3.46. The van der Waals surface area contributed by atoms with Crippen molar-refractivity contribution in [3.63, 3.8) is 0 Å². The number of aromatic amines is 1. The van der Waals surface area contributed by atoms with Gasteiger partial charge in [0.15, 0.2) is 10.3 Å². The fourth-order valence-electron chi connectivity index (χ4n) is 2.01. The first kappa shape index (κ1) is 18.2. The molecule has 2 N–H and O–H groups in total. The van der Waals surface area contributed by atoms with Gasteiger partial charge in [-0.15, -0.1) is 21.5 Å². The zero-order chi connectivity index (χ0) is 18.5. The maximum Gasteiger partial charge on any atom is 0.273 e. The SMILES string of the molecule is Cc1nnc(SCC(=O)Nc2ncc(Cc3ccccc3F)s2)[nH]c1=O. The number of amides is 1. The van der Waals surface area contributed by atoms with E-state index >= 15 is 0 Å². The Labute approximate surface area is 156 Å². The minimum Gasteiger partial charge on any atom is -0.301 e. The summed E-state index contributed by atoms with van der Waals surface area (Å²) in [7, 11) is 0. The Bertz CT molecular complexity index is 989. The van der Waals surface area contributed by atoms with Crippen LogP contribution < -0.4 is 10.9 Å². The second-order valence-electron chi connectivity index (χ2n) is 5.28. The van der Waals surface area contributed by atoms with Gasteiger partial charge in [-0.25, -0.2) is 9.37 Å². The second kappa shape index (κ2) is 8.19. The molecule has 0 saturated heterocycles. The third-order valence-electron chi connectivity index (χ3n) is 3.30. The summed E-state index contributed by atoms with van der Waals surface area (Å²) in [6.07, 6.45) is 2.03. The summed E-state index contributed by atoms with van der Waals surface area (Å²) in [6, 6.07) is 6.54. The number of halogens is 1. The molecule has 10 heteroatoms. The van der Waals surface area contributed by atoms with Gasteiger partial charge < -0.3 is 5.32 Å². The smallest absolute Gasteiger partial charge is 0.273 e. The third kappa shape index (κ3) is 4.73. The zero-order valence-corrected chi connectivity index (χ0v) is 15.3. The van der Waals surface area contributed by atoms with E-state index in [0.29, 0.717) is 17.1 Å². The van der Waals surface area contributed by atoms with Crippen LogP contribution >= 0.6 is 23.1 Å². The van der Waals surface area contributed by atoms with E-state index in [9.17, 15) is 14.0 Å². The quantitative estimate of drug-likeness (QED) is 0.626. The van der Waals surface area contributed by atoms with E-state index in [0.717, 1.165) is 16.6 Å². The molecule has 0 saturated carbocycles. The van der Waals surface area contributed by atoms with Gasteiger partial charge >= 0.3 is 0 Å². The molecule has 26 heavy (non-hydrogen) atoms. The Balaban J connectivity index is 1.55. The van der Waals surface area contributed by atoms with Crippen molar-refractivity contribution in [3.05, 3.63) is 62.8 Å². The number of benzene rings is 1. The predicted octanol–water partition coefficient (Wildman–Crippen LogP) is 2.39. The van der Waals surface area contributed by atoms with Gasteiger partial charge in [-0.1, -0.05) is 30.0 Å². The maximum absolute atomic E-state index is 13.7. The number of hydrogen-bond acceptors (Lipinski definition) is 7. The van der Waals surface area contributed by atoms with Gasteiger partial charge in [0.1, 0.15) is 11.5 Å². The van der Waals surface area contributed by atoms with Gasteiger partial charge in [-0.3, -0.25) is 14.6 Å². The largest absolute Gasteiger partial charge is 0.301 e. The molecule has 3 aromatic rings. The summed E-state index contributed by atoms with van der Waals surface area (Å²) >= 11 is 2.35. The number of thiazole rings is 1. The standard InChI is InChI=1S/C16H14FN5O2S2/c1-9-14(24)20-16(22-21-9)25-8-13(23)19-15-18-7-11(26-15)6-10-4-2-3-5-12(10)17/h2-5,7H,6,8H2,1H3,(H,18,19,23)(H,20,22,24). The monoisotopic (exact) mass is 391 g/mol. The van der Waals surface area contributed by atoms with Crippen LogP contribution in [0.5, 0.6) is 0 Å². The molecule has 0 radical (unpaired) electrons. The van der Waals surface area contributed by atoms with Crippen LogP contribution in [0.3, 0.4) is 0 Å². The molecule has 0 aliphatic carbocycles. The van der Waals surface area contributed by atoms with Crippen molar-refractivity contribution in [3.8, 4) is 0 Å². The summed E-state index contributed by atoms with van der Waals surface area (Å²) < 4.78 is 13.7. The number of nitrogens with one attached hydrogen (secondary N) is 2.